The highest BCUT2D eigenvalue weighted by Crippen LogP contribution is 2.29. The molecule has 0 radical (unpaired) electrons. The van der Waals surface area contributed by atoms with E-state index in [1.807, 2.05) is 12.1 Å². The maximum Gasteiger partial charge on any atom is 0.124 e. The van der Waals surface area contributed by atoms with Crippen molar-refractivity contribution >= 4 is 15.9 Å². The van der Waals surface area contributed by atoms with Crippen molar-refractivity contribution in [2.45, 2.75) is 33.4 Å². The van der Waals surface area contributed by atoms with E-state index in [1.165, 1.54) is 16.7 Å². The van der Waals surface area contributed by atoms with Crippen LogP contribution in [-0.2, 0) is 6.61 Å². The maximum atomic E-state index is 6.07. The Hall–Kier alpha value is -1.32. The number of rotatable bonds is 6. The van der Waals surface area contributed by atoms with Crippen molar-refractivity contribution in [2.75, 3.05) is 6.54 Å². The van der Waals surface area contributed by atoms with Gasteiger partial charge < -0.3 is 10.1 Å². The van der Waals surface area contributed by atoms with E-state index in [0.717, 1.165) is 16.8 Å². The van der Waals surface area contributed by atoms with Gasteiger partial charge in [-0.1, -0.05) is 47.1 Å². The lowest BCUT2D eigenvalue weighted by atomic mass is 10.1. The molecule has 2 nitrogen and oxygen atoms in total. The lowest BCUT2D eigenvalue weighted by Crippen LogP contribution is -2.18. The molecule has 0 aromatic heterocycles. The van der Waals surface area contributed by atoms with E-state index >= 15 is 0 Å². The Bertz CT molecular complexity index is 598. The molecule has 21 heavy (non-hydrogen) atoms. The summed E-state index contributed by atoms with van der Waals surface area (Å²) in [6.45, 7) is 7.92. The zero-order valence-corrected chi connectivity index (χ0v) is 14.4. The molecule has 1 unspecified atom stereocenters. The van der Waals surface area contributed by atoms with Crippen LogP contribution in [0.2, 0.25) is 0 Å². The van der Waals surface area contributed by atoms with E-state index in [1.54, 1.807) is 0 Å². The van der Waals surface area contributed by atoms with Crippen molar-refractivity contribution in [1.29, 1.82) is 0 Å². The molecular weight excluding hydrogens is 326 g/mol. The molecule has 0 spiro atoms. The van der Waals surface area contributed by atoms with Crippen LogP contribution < -0.4 is 10.1 Å². The van der Waals surface area contributed by atoms with Gasteiger partial charge >= 0.3 is 0 Å². The second-order valence-electron chi connectivity index (χ2n) is 5.18. The molecule has 0 aliphatic heterocycles. The van der Waals surface area contributed by atoms with Crippen LogP contribution in [0.3, 0.4) is 0 Å². The zero-order valence-electron chi connectivity index (χ0n) is 12.8. The third kappa shape index (κ3) is 4.32. The quantitative estimate of drug-likeness (QED) is 0.793. The highest BCUT2D eigenvalue weighted by atomic mass is 79.9. The first-order valence-electron chi connectivity index (χ1n) is 7.32. The van der Waals surface area contributed by atoms with Crippen molar-refractivity contribution in [2.24, 2.45) is 0 Å². The highest BCUT2D eigenvalue weighted by molar-refractivity contribution is 9.10. The molecule has 3 heteroatoms. The van der Waals surface area contributed by atoms with Crippen LogP contribution in [0.1, 0.15) is 36.6 Å². The summed E-state index contributed by atoms with van der Waals surface area (Å²) >= 11 is 3.54. The van der Waals surface area contributed by atoms with Gasteiger partial charge in [0.1, 0.15) is 12.4 Å². The van der Waals surface area contributed by atoms with Crippen LogP contribution in [0.25, 0.3) is 0 Å². The fourth-order valence-corrected chi connectivity index (χ4v) is 2.71. The van der Waals surface area contributed by atoms with Crippen LogP contribution in [0.5, 0.6) is 5.75 Å². The number of aryl methyl sites for hydroxylation is 1. The summed E-state index contributed by atoms with van der Waals surface area (Å²) in [5.74, 6) is 0.940. The Labute approximate surface area is 135 Å². The Morgan fingerprint density at radius 3 is 2.67 bits per heavy atom. The van der Waals surface area contributed by atoms with Crippen LogP contribution in [0.4, 0.5) is 0 Å². The molecule has 2 rings (SSSR count). The van der Waals surface area contributed by atoms with Crippen molar-refractivity contribution in [3.8, 4) is 5.75 Å². The first-order chi connectivity index (χ1) is 10.1. The fraction of sp³-hybridized carbons (Fsp3) is 0.333. The van der Waals surface area contributed by atoms with E-state index in [0.29, 0.717) is 6.61 Å². The Balaban J connectivity index is 2.18. The first kappa shape index (κ1) is 16.1. The smallest absolute Gasteiger partial charge is 0.124 e. The predicted octanol–water partition coefficient (Wildman–Crippen LogP) is 5.01. The number of nitrogens with one attached hydrogen (secondary N) is 1. The third-order valence-corrected chi connectivity index (χ3v) is 4.09. The minimum absolute atomic E-state index is 0.263. The van der Waals surface area contributed by atoms with Crippen LogP contribution in [0, 0.1) is 6.92 Å². The van der Waals surface area contributed by atoms with Gasteiger partial charge in [0.15, 0.2) is 0 Å². The van der Waals surface area contributed by atoms with E-state index in [9.17, 15) is 0 Å². The molecule has 0 saturated carbocycles. The van der Waals surface area contributed by atoms with Gasteiger partial charge in [0.05, 0.1) is 0 Å². The summed E-state index contributed by atoms with van der Waals surface area (Å²) in [5, 5.41) is 3.44. The van der Waals surface area contributed by atoms with Gasteiger partial charge in [0.25, 0.3) is 0 Å². The molecule has 1 N–H and O–H groups in total. The Morgan fingerprint density at radius 2 is 1.95 bits per heavy atom. The summed E-state index contributed by atoms with van der Waals surface area (Å²) < 4.78 is 7.14. The lowest BCUT2D eigenvalue weighted by molar-refractivity contribution is 0.299. The summed E-state index contributed by atoms with van der Waals surface area (Å²) in [6.07, 6.45) is 0. The van der Waals surface area contributed by atoms with Crippen LogP contribution in [-0.4, -0.2) is 6.54 Å². The molecule has 0 aliphatic rings. The minimum atomic E-state index is 0.263. The number of benzene rings is 2. The Morgan fingerprint density at radius 1 is 1.19 bits per heavy atom. The fourth-order valence-electron chi connectivity index (χ4n) is 2.33. The van der Waals surface area contributed by atoms with E-state index in [-0.39, 0.29) is 6.04 Å². The molecule has 0 heterocycles. The standard InChI is InChI=1S/C18H22BrNO/c1-4-20-14(3)17-11-16(19)9-10-18(17)21-12-15-8-6-5-7-13(15)2/h5-11,14,20H,4,12H2,1-3H3. The average Bonchev–Trinajstić information content (AvgIpc) is 2.47. The summed E-state index contributed by atoms with van der Waals surface area (Å²) in [4.78, 5) is 0. The van der Waals surface area contributed by atoms with Gasteiger partial charge in [-0.2, -0.15) is 0 Å². The highest BCUT2D eigenvalue weighted by Gasteiger charge is 2.12. The lowest BCUT2D eigenvalue weighted by Gasteiger charge is -2.18. The molecule has 0 fully saturated rings. The Kier molecular flexibility index (Phi) is 5.83. The normalized spacial score (nSPS) is 12.2. The van der Waals surface area contributed by atoms with Crippen molar-refractivity contribution in [1.82, 2.24) is 5.32 Å². The molecule has 112 valence electrons. The van der Waals surface area contributed by atoms with E-state index in [2.05, 4.69) is 72.3 Å². The summed E-state index contributed by atoms with van der Waals surface area (Å²) in [5.41, 5.74) is 3.66. The number of hydrogen-bond donors (Lipinski definition) is 1. The van der Waals surface area contributed by atoms with Gasteiger partial charge in [0, 0.05) is 16.1 Å². The largest absolute Gasteiger partial charge is 0.489 e. The number of halogens is 1. The topological polar surface area (TPSA) is 21.3 Å². The SMILES string of the molecule is CCNC(C)c1cc(Br)ccc1OCc1ccccc1C. The summed E-state index contributed by atoms with van der Waals surface area (Å²) in [7, 11) is 0. The van der Waals surface area contributed by atoms with Crippen molar-refractivity contribution in [3.63, 3.8) is 0 Å². The molecule has 1 atom stereocenters. The van der Waals surface area contributed by atoms with Gasteiger partial charge in [-0.25, -0.2) is 0 Å². The molecule has 2 aromatic rings. The van der Waals surface area contributed by atoms with Crippen molar-refractivity contribution < 1.29 is 4.74 Å². The van der Waals surface area contributed by atoms with Gasteiger partial charge in [0.2, 0.25) is 0 Å². The molecular formula is C18H22BrNO. The van der Waals surface area contributed by atoms with Crippen molar-refractivity contribution in [3.05, 3.63) is 63.6 Å². The predicted molar refractivity (Wildman–Crippen MR) is 91.7 cm³/mol. The molecule has 0 aliphatic carbocycles. The van der Waals surface area contributed by atoms with E-state index in [4.69, 9.17) is 4.74 Å². The zero-order chi connectivity index (χ0) is 15.2. The number of ether oxygens (including phenoxy) is 1. The second-order valence-corrected chi connectivity index (χ2v) is 6.09. The van der Waals surface area contributed by atoms with Gasteiger partial charge in [-0.15, -0.1) is 0 Å². The first-order valence-corrected chi connectivity index (χ1v) is 8.11. The van der Waals surface area contributed by atoms with Gasteiger partial charge in [-0.05, 0) is 49.7 Å². The molecule has 0 bridgehead atoms. The number of hydrogen-bond acceptors (Lipinski definition) is 2. The third-order valence-electron chi connectivity index (χ3n) is 3.59. The molecule has 0 saturated heterocycles. The van der Waals surface area contributed by atoms with E-state index < -0.39 is 0 Å². The monoisotopic (exact) mass is 347 g/mol. The maximum absolute atomic E-state index is 6.07. The molecule has 0 amide bonds. The van der Waals surface area contributed by atoms with Crippen LogP contribution >= 0.6 is 15.9 Å². The van der Waals surface area contributed by atoms with Crippen LogP contribution in [0.15, 0.2) is 46.9 Å². The second kappa shape index (κ2) is 7.62. The van der Waals surface area contributed by atoms with Gasteiger partial charge in [-0.3, -0.25) is 0 Å². The molecule has 2 aromatic carbocycles. The average molecular weight is 348 g/mol. The summed E-state index contributed by atoms with van der Waals surface area (Å²) in [6, 6.07) is 14.8. The minimum Gasteiger partial charge on any atom is -0.489 e.